The lowest BCUT2D eigenvalue weighted by Crippen LogP contribution is -2.64. The molecule has 402 valence electrons. The molecule has 8 aliphatic rings. The third kappa shape index (κ3) is 9.81. The normalized spacial score (nSPS) is 51.5. The van der Waals surface area contributed by atoms with Crippen molar-refractivity contribution >= 4 is 5.97 Å². The second-order valence-electron chi connectivity index (χ2n) is 22.9. The van der Waals surface area contributed by atoms with E-state index in [-0.39, 0.29) is 66.7 Å². The Labute approximate surface area is 410 Å². The molecule has 0 amide bonds. The summed E-state index contributed by atoms with van der Waals surface area (Å²) in [7, 11) is 0. The van der Waals surface area contributed by atoms with Crippen molar-refractivity contribution in [1.82, 2.24) is 0 Å². The number of carbonyl (C=O) groups excluding carboxylic acids is 1. The molecule has 7 fully saturated rings. The Balaban J connectivity index is 0.959. The van der Waals surface area contributed by atoms with Crippen LogP contribution < -0.4 is 0 Å². The standard InChI is InChI=1S/C50H82O20/c1-8-22(3)35(53)44(61)66-32-20-64-47(43(38(32)56)69-46-42(60)39(57)36(54)24(5)65-46)68-33-16-26(52)15-25-9-10-27-28(49(25,33)7)12-13-48(6)29(27)17-30-34(48)23(4)50(62,70-30)14-11-21(2)19-63-45-41(59)40(58)37(55)31(18-51)67-45/h9,21-24,26-43,45-47,51-60,62H,8,10-20H2,1-7H3. The van der Waals surface area contributed by atoms with Crippen molar-refractivity contribution in [2.24, 2.45) is 52.3 Å². The molecule has 4 saturated heterocycles. The van der Waals surface area contributed by atoms with Gasteiger partial charge in [-0.15, -0.1) is 0 Å². The lowest BCUT2D eigenvalue weighted by atomic mass is 9.46. The highest BCUT2D eigenvalue weighted by molar-refractivity contribution is 5.75. The molecule has 0 aromatic carbocycles. The van der Waals surface area contributed by atoms with Crippen LogP contribution in [0, 0.1) is 52.3 Å². The van der Waals surface area contributed by atoms with Crippen LogP contribution in [0.5, 0.6) is 0 Å². The smallest absolute Gasteiger partial charge is 0.335 e. The molecule has 0 aromatic heterocycles. The maximum atomic E-state index is 13.0. The van der Waals surface area contributed by atoms with E-state index in [0.717, 1.165) is 31.3 Å². The molecule has 20 nitrogen and oxygen atoms in total. The molecule has 0 aromatic rings. The summed E-state index contributed by atoms with van der Waals surface area (Å²) in [4.78, 5) is 13.0. The first kappa shape index (κ1) is 54.7. The van der Waals surface area contributed by atoms with Gasteiger partial charge in [0.1, 0.15) is 54.9 Å². The van der Waals surface area contributed by atoms with Gasteiger partial charge in [0.15, 0.2) is 36.9 Å². The molecule has 28 atom stereocenters. The number of carbonyl (C=O) groups is 1. The number of aliphatic hydroxyl groups is 11. The summed E-state index contributed by atoms with van der Waals surface area (Å²) in [6, 6.07) is 0. The van der Waals surface area contributed by atoms with Crippen molar-refractivity contribution in [3.05, 3.63) is 11.6 Å². The first-order valence-corrected chi connectivity index (χ1v) is 25.9. The van der Waals surface area contributed by atoms with Gasteiger partial charge in [0.25, 0.3) is 0 Å². The number of aliphatic hydroxyl groups excluding tert-OH is 10. The van der Waals surface area contributed by atoms with Crippen LogP contribution in [0.1, 0.15) is 106 Å². The maximum absolute atomic E-state index is 13.0. The highest BCUT2D eigenvalue weighted by Gasteiger charge is 2.69. The summed E-state index contributed by atoms with van der Waals surface area (Å²) in [5, 5.41) is 118. The summed E-state index contributed by atoms with van der Waals surface area (Å²) < 4.78 is 48.8. The van der Waals surface area contributed by atoms with Crippen LogP contribution in [0.2, 0.25) is 0 Å². The molecule has 0 spiro atoms. The van der Waals surface area contributed by atoms with E-state index >= 15 is 0 Å². The fourth-order valence-electron chi connectivity index (χ4n) is 14.1. The van der Waals surface area contributed by atoms with Gasteiger partial charge in [-0.2, -0.15) is 0 Å². The zero-order valence-corrected chi connectivity index (χ0v) is 41.6. The molecule has 4 aliphatic carbocycles. The molecule has 0 radical (unpaired) electrons. The number of ether oxygens (including phenoxy) is 8. The first-order valence-electron chi connectivity index (χ1n) is 25.9. The van der Waals surface area contributed by atoms with E-state index in [1.54, 1.807) is 6.92 Å². The Bertz CT molecular complexity index is 1820. The van der Waals surface area contributed by atoms with Gasteiger partial charge in [0, 0.05) is 24.2 Å². The number of hydrogen-bond donors (Lipinski definition) is 11. The van der Waals surface area contributed by atoms with Crippen LogP contribution in [0.4, 0.5) is 0 Å². The van der Waals surface area contributed by atoms with E-state index in [9.17, 15) is 61.0 Å². The quantitative estimate of drug-likeness (QED) is 0.0744. The Morgan fingerprint density at radius 2 is 1.57 bits per heavy atom. The molecule has 11 N–H and O–H groups in total. The summed E-state index contributed by atoms with van der Waals surface area (Å²) in [6.07, 6.45) is -15.5. The minimum absolute atomic E-state index is 0.0746. The third-order valence-electron chi connectivity index (χ3n) is 18.7. The molecule has 4 heterocycles. The molecule has 3 saturated carbocycles. The molecule has 4 aliphatic heterocycles. The van der Waals surface area contributed by atoms with E-state index in [1.807, 2.05) is 13.8 Å². The monoisotopic (exact) mass is 1000 g/mol. The molecule has 8 rings (SSSR count). The molecule has 70 heavy (non-hydrogen) atoms. The van der Waals surface area contributed by atoms with Crippen molar-refractivity contribution in [2.75, 3.05) is 19.8 Å². The van der Waals surface area contributed by atoms with Crippen molar-refractivity contribution < 1.29 is 98.9 Å². The van der Waals surface area contributed by atoms with E-state index < -0.39 is 134 Å². The Hall–Kier alpha value is -1.51. The second kappa shape index (κ2) is 21.3. The Morgan fingerprint density at radius 3 is 2.27 bits per heavy atom. The molecule has 28 unspecified atom stereocenters. The van der Waals surface area contributed by atoms with Gasteiger partial charge in [-0.3, -0.25) is 0 Å². The first-order chi connectivity index (χ1) is 33.0. The van der Waals surface area contributed by atoms with Crippen LogP contribution >= 0.6 is 0 Å². The minimum Gasteiger partial charge on any atom is -0.455 e. The van der Waals surface area contributed by atoms with Gasteiger partial charge in [-0.05, 0) is 86.4 Å². The Kier molecular flexibility index (Phi) is 16.6. The molecular formula is C50H82O20. The second-order valence-corrected chi connectivity index (χ2v) is 22.9. The van der Waals surface area contributed by atoms with E-state index in [4.69, 9.17) is 37.9 Å². The number of rotatable bonds is 15. The van der Waals surface area contributed by atoms with Gasteiger partial charge in [-0.1, -0.05) is 59.6 Å². The summed E-state index contributed by atoms with van der Waals surface area (Å²) in [6.45, 7) is 12.8. The lowest BCUT2D eigenvalue weighted by Gasteiger charge is -2.60. The average Bonchev–Trinajstić information content (AvgIpc) is 3.77. The molecule has 20 heteroatoms. The fraction of sp³-hybridized carbons (Fsp3) is 0.940. The van der Waals surface area contributed by atoms with Crippen molar-refractivity contribution in [3.8, 4) is 0 Å². The summed E-state index contributed by atoms with van der Waals surface area (Å²) >= 11 is 0. The van der Waals surface area contributed by atoms with Crippen LogP contribution in [-0.4, -0.2) is 198 Å². The molecule has 0 bridgehead atoms. The van der Waals surface area contributed by atoms with Gasteiger partial charge < -0.3 is 94.1 Å². The van der Waals surface area contributed by atoms with Gasteiger partial charge >= 0.3 is 5.97 Å². The number of hydrogen-bond acceptors (Lipinski definition) is 20. The predicted octanol–water partition coefficient (Wildman–Crippen LogP) is -0.264. The maximum Gasteiger partial charge on any atom is 0.335 e. The topological polar surface area (TPSA) is 313 Å². The lowest BCUT2D eigenvalue weighted by molar-refractivity contribution is -0.363. The third-order valence-corrected chi connectivity index (χ3v) is 18.7. The van der Waals surface area contributed by atoms with Crippen molar-refractivity contribution in [3.63, 3.8) is 0 Å². The van der Waals surface area contributed by atoms with Crippen molar-refractivity contribution in [2.45, 2.75) is 222 Å². The zero-order valence-electron chi connectivity index (χ0n) is 41.6. The van der Waals surface area contributed by atoms with Gasteiger partial charge in [0.05, 0.1) is 44.2 Å². The number of fused-ring (bicyclic) bond motifs is 7. The van der Waals surface area contributed by atoms with Crippen LogP contribution in [0.3, 0.4) is 0 Å². The highest BCUT2D eigenvalue weighted by Crippen LogP contribution is 2.70. The SMILES string of the molecule is CCC(C)C(O)C(=O)OC1COC(OC2CC(O)CC3=CCC4C5CC6OC(O)(CCC(C)COC7OC(CO)C(O)C(O)C7O)C(C)C6C5(C)CCC4C32C)C(OC2OC(C)C(O)C(O)C2O)C1O. The van der Waals surface area contributed by atoms with Gasteiger partial charge in [-0.25, -0.2) is 4.79 Å². The van der Waals surface area contributed by atoms with Gasteiger partial charge in [0.2, 0.25) is 0 Å². The number of esters is 1. The predicted molar refractivity (Wildman–Crippen MR) is 242 cm³/mol. The highest BCUT2D eigenvalue weighted by atomic mass is 16.8. The summed E-state index contributed by atoms with van der Waals surface area (Å²) in [5.74, 6) is -2.45. The largest absolute Gasteiger partial charge is 0.455 e. The fourth-order valence-corrected chi connectivity index (χ4v) is 14.1. The van der Waals surface area contributed by atoms with Crippen LogP contribution in [0.25, 0.3) is 0 Å². The molecular weight excluding hydrogens is 921 g/mol. The van der Waals surface area contributed by atoms with Crippen LogP contribution in [0.15, 0.2) is 11.6 Å². The van der Waals surface area contributed by atoms with Crippen molar-refractivity contribution in [1.29, 1.82) is 0 Å². The van der Waals surface area contributed by atoms with E-state index in [1.165, 1.54) is 6.92 Å². The zero-order chi connectivity index (χ0) is 50.9. The number of allylic oxidation sites excluding steroid dienone is 1. The average molecular weight is 1000 g/mol. The Morgan fingerprint density at radius 1 is 0.871 bits per heavy atom. The summed E-state index contributed by atoms with van der Waals surface area (Å²) in [5.41, 5.74) is 0.292. The van der Waals surface area contributed by atoms with E-state index in [2.05, 4.69) is 26.8 Å². The minimum atomic E-state index is -1.74. The van der Waals surface area contributed by atoms with E-state index in [0.29, 0.717) is 25.7 Å². The van der Waals surface area contributed by atoms with Crippen LogP contribution in [-0.2, 0) is 42.7 Å².